The topological polar surface area (TPSA) is 49.3 Å². The fourth-order valence-electron chi connectivity index (χ4n) is 1.18. The molecule has 0 radical (unpaired) electrons. The maximum atomic E-state index is 13.1. The van der Waals surface area contributed by atoms with Gasteiger partial charge in [0.2, 0.25) is 0 Å². The highest BCUT2D eigenvalue weighted by Gasteiger charge is 2.12. The number of nitrogens with one attached hydrogen (secondary N) is 1. The Labute approximate surface area is 98.2 Å². The number of aliphatic hydroxyl groups excluding tert-OH is 1. The molecule has 16 heavy (non-hydrogen) atoms. The number of halogens is 2. The molecule has 0 aliphatic heterocycles. The van der Waals surface area contributed by atoms with Gasteiger partial charge in [-0.15, -0.1) is 0 Å². The van der Waals surface area contributed by atoms with Crippen molar-refractivity contribution in [1.82, 2.24) is 5.32 Å². The SMILES string of the molecule is CC[C@@H](CO)NC(=O)c1ccc(Cl)c(F)c1. The van der Waals surface area contributed by atoms with Crippen molar-refractivity contribution in [1.29, 1.82) is 0 Å². The largest absolute Gasteiger partial charge is 0.394 e. The van der Waals surface area contributed by atoms with Gasteiger partial charge in [0.05, 0.1) is 17.7 Å². The second-order valence-corrected chi connectivity index (χ2v) is 3.80. The van der Waals surface area contributed by atoms with E-state index in [9.17, 15) is 9.18 Å². The van der Waals surface area contributed by atoms with Gasteiger partial charge in [0.15, 0.2) is 0 Å². The number of carbonyl (C=O) groups excluding carboxylic acids is 1. The predicted octanol–water partition coefficient (Wildman–Crippen LogP) is 1.98. The van der Waals surface area contributed by atoms with Gasteiger partial charge in [-0.2, -0.15) is 0 Å². The average molecular weight is 246 g/mol. The fraction of sp³-hybridized carbons (Fsp3) is 0.364. The van der Waals surface area contributed by atoms with E-state index in [1.165, 1.54) is 12.1 Å². The van der Waals surface area contributed by atoms with Crippen molar-refractivity contribution in [3.05, 3.63) is 34.6 Å². The van der Waals surface area contributed by atoms with Crippen molar-refractivity contribution in [3.8, 4) is 0 Å². The van der Waals surface area contributed by atoms with E-state index < -0.39 is 11.7 Å². The summed E-state index contributed by atoms with van der Waals surface area (Å²) in [4.78, 5) is 11.6. The minimum absolute atomic E-state index is 0.0225. The third kappa shape index (κ3) is 3.18. The highest BCUT2D eigenvalue weighted by molar-refractivity contribution is 6.30. The third-order valence-electron chi connectivity index (χ3n) is 2.23. The number of aliphatic hydroxyl groups is 1. The lowest BCUT2D eigenvalue weighted by molar-refractivity contribution is 0.0914. The van der Waals surface area contributed by atoms with Gasteiger partial charge in [0, 0.05) is 5.56 Å². The van der Waals surface area contributed by atoms with Gasteiger partial charge in [-0.1, -0.05) is 18.5 Å². The second-order valence-electron chi connectivity index (χ2n) is 3.39. The molecule has 1 atom stereocenters. The molecule has 0 heterocycles. The molecule has 0 aliphatic carbocycles. The first-order valence-corrected chi connectivity index (χ1v) is 5.33. The minimum Gasteiger partial charge on any atom is -0.394 e. The summed E-state index contributed by atoms with van der Waals surface area (Å²) in [5.74, 6) is -1.05. The van der Waals surface area contributed by atoms with E-state index in [2.05, 4.69) is 5.32 Å². The van der Waals surface area contributed by atoms with E-state index in [0.717, 1.165) is 6.07 Å². The summed E-state index contributed by atoms with van der Waals surface area (Å²) in [5, 5.41) is 11.5. The van der Waals surface area contributed by atoms with Crippen molar-refractivity contribution in [2.45, 2.75) is 19.4 Å². The van der Waals surface area contributed by atoms with Crippen LogP contribution in [0.1, 0.15) is 23.7 Å². The number of hydrogen-bond acceptors (Lipinski definition) is 2. The Morgan fingerprint density at radius 3 is 2.81 bits per heavy atom. The first-order chi connectivity index (χ1) is 7.58. The molecule has 5 heteroatoms. The number of amides is 1. The molecule has 0 aliphatic rings. The Morgan fingerprint density at radius 2 is 2.31 bits per heavy atom. The van der Waals surface area contributed by atoms with Crippen LogP contribution in [0.15, 0.2) is 18.2 Å². The zero-order valence-corrected chi connectivity index (χ0v) is 9.59. The fourth-order valence-corrected chi connectivity index (χ4v) is 1.30. The second kappa shape index (κ2) is 5.82. The van der Waals surface area contributed by atoms with Crippen LogP contribution in [0, 0.1) is 5.82 Å². The molecule has 1 aromatic carbocycles. The molecule has 0 bridgehead atoms. The molecule has 0 fully saturated rings. The van der Waals surface area contributed by atoms with Crippen molar-refractivity contribution in [2.75, 3.05) is 6.61 Å². The van der Waals surface area contributed by atoms with Gasteiger partial charge in [0.25, 0.3) is 5.91 Å². The van der Waals surface area contributed by atoms with Crippen LogP contribution in [0.2, 0.25) is 5.02 Å². The molecule has 0 saturated heterocycles. The molecule has 3 nitrogen and oxygen atoms in total. The van der Waals surface area contributed by atoms with Crippen LogP contribution in [-0.4, -0.2) is 23.7 Å². The van der Waals surface area contributed by atoms with Crippen LogP contribution in [0.3, 0.4) is 0 Å². The average Bonchev–Trinajstić information content (AvgIpc) is 2.29. The van der Waals surface area contributed by atoms with Gasteiger partial charge in [0.1, 0.15) is 5.82 Å². The number of rotatable bonds is 4. The minimum atomic E-state index is -0.633. The van der Waals surface area contributed by atoms with Gasteiger partial charge in [-0.05, 0) is 24.6 Å². The third-order valence-corrected chi connectivity index (χ3v) is 2.54. The summed E-state index contributed by atoms with van der Waals surface area (Å²) >= 11 is 5.50. The zero-order chi connectivity index (χ0) is 12.1. The number of carbonyl (C=O) groups is 1. The molecule has 0 spiro atoms. The number of hydrogen-bond donors (Lipinski definition) is 2. The van der Waals surface area contributed by atoms with Crippen LogP contribution < -0.4 is 5.32 Å². The monoisotopic (exact) mass is 245 g/mol. The standard InChI is InChI=1S/C11H13ClFNO2/c1-2-8(6-15)14-11(16)7-3-4-9(12)10(13)5-7/h3-5,8,15H,2,6H2,1H3,(H,14,16)/t8-/m0/s1. The van der Waals surface area contributed by atoms with E-state index in [1.54, 1.807) is 0 Å². The Hall–Kier alpha value is -1.13. The smallest absolute Gasteiger partial charge is 0.251 e. The molecule has 0 unspecified atom stereocenters. The molecular formula is C11H13ClFNO2. The van der Waals surface area contributed by atoms with Crippen molar-refractivity contribution in [2.24, 2.45) is 0 Å². The molecule has 1 aromatic rings. The summed E-state index contributed by atoms with van der Waals surface area (Å²) in [6.45, 7) is 1.70. The Bertz CT molecular complexity index is 380. The summed E-state index contributed by atoms with van der Waals surface area (Å²) in [6.07, 6.45) is 0.609. The van der Waals surface area contributed by atoms with Crippen molar-refractivity contribution in [3.63, 3.8) is 0 Å². The Balaban J connectivity index is 2.76. The first-order valence-electron chi connectivity index (χ1n) is 4.95. The molecule has 0 saturated carbocycles. The zero-order valence-electron chi connectivity index (χ0n) is 8.84. The Kier molecular flexibility index (Phi) is 4.71. The van der Waals surface area contributed by atoms with Crippen LogP contribution in [0.4, 0.5) is 4.39 Å². The lowest BCUT2D eigenvalue weighted by Crippen LogP contribution is -2.36. The Morgan fingerprint density at radius 1 is 1.62 bits per heavy atom. The van der Waals surface area contributed by atoms with Crippen molar-refractivity contribution >= 4 is 17.5 Å². The lowest BCUT2D eigenvalue weighted by Gasteiger charge is -2.13. The summed E-state index contributed by atoms with van der Waals surface area (Å²) in [7, 11) is 0. The van der Waals surface area contributed by atoms with E-state index in [0.29, 0.717) is 6.42 Å². The normalized spacial score (nSPS) is 12.2. The molecule has 88 valence electrons. The van der Waals surface area contributed by atoms with Crippen LogP contribution in [0.25, 0.3) is 0 Å². The molecule has 0 aromatic heterocycles. The predicted molar refractivity (Wildman–Crippen MR) is 60.0 cm³/mol. The van der Waals surface area contributed by atoms with Gasteiger partial charge in [-0.25, -0.2) is 4.39 Å². The highest BCUT2D eigenvalue weighted by Crippen LogP contribution is 2.15. The highest BCUT2D eigenvalue weighted by atomic mass is 35.5. The maximum absolute atomic E-state index is 13.1. The molecule has 2 N–H and O–H groups in total. The summed E-state index contributed by atoms with van der Waals surface area (Å²) < 4.78 is 13.1. The summed E-state index contributed by atoms with van der Waals surface area (Å²) in [6, 6.07) is 3.52. The molecular weight excluding hydrogens is 233 g/mol. The quantitative estimate of drug-likeness (QED) is 0.852. The summed E-state index contributed by atoms with van der Waals surface area (Å²) in [5.41, 5.74) is 0.189. The van der Waals surface area contributed by atoms with E-state index in [1.807, 2.05) is 6.92 Å². The van der Waals surface area contributed by atoms with Gasteiger partial charge >= 0.3 is 0 Å². The van der Waals surface area contributed by atoms with Crippen molar-refractivity contribution < 1.29 is 14.3 Å². The van der Waals surface area contributed by atoms with E-state index in [-0.39, 0.29) is 23.2 Å². The van der Waals surface area contributed by atoms with Gasteiger partial charge in [-0.3, -0.25) is 4.79 Å². The number of benzene rings is 1. The lowest BCUT2D eigenvalue weighted by atomic mass is 10.1. The van der Waals surface area contributed by atoms with Crippen LogP contribution >= 0.6 is 11.6 Å². The van der Waals surface area contributed by atoms with Crippen LogP contribution in [-0.2, 0) is 0 Å². The van der Waals surface area contributed by atoms with Gasteiger partial charge < -0.3 is 10.4 Å². The maximum Gasteiger partial charge on any atom is 0.251 e. The molecule has 1 amide bonds. The van der Waals surface area contributed by atoms with E-state index in [4.69, 9.17) is 16.7 Å². The van der Waals surface area contributed by atoms with E-state index >= 15 is 0 Å². The molecule has 1 rings (SSSR count). The van der Waals surface area contributed by atoms with Crippen LogP contribution in [0.5, 0.6) is 0 Å². The first kappa shape index (κ1) is 12.9.